The van der Waals surface area contributed by atoms with Crippen molar-refractivity contribution in [2.24, 2.45) is 9.98 Å². The van der Waals surface area contributed by atoms with Gasteiger partial charge in [0, 0.05) is 36.9 Å². The maximum absolute atomic E-state index is 13.5. The van der Waals surface area contributed by atoms with E-state index in [0.29, 0.717) is 58.5 Å². The van der Waals surface area contributed by atoms with Gasteiger partial charge in [0.1, 0.15) is 24.2 Å². The summed E-state index contributed by atoms with van der Waals surface area (Å²) >= 11 is 30.5. The molecule has 2 atom stereocenters. The van der Waals surface area contributed by atoms with Gasteiger partial charge in [0.25, 0.3) is 17.7 Å². The molecule has 2 fully saturated rings. The SMILES string of the molecule is C[C@]1(Cc2ccc(Br)cc2)NC(=NCC(=O)O)N(c2cc(Cl)cc(Cl)c2)C1=O.Cc1cc(Cl)cc(N2C(=O)[C@@](C)(Cc3ccc(Br)cc3)N3C(=O)CN=C23)c1.I[I-]I. The van der Waals surface area contributed by atoms with Crippen molar-refractivity contribution in [3.8, 4) is 0 Å². The number of carbonyl (C=O) groups excluding carboxylic acids is 3. The molecule has 0 unspecified atom stereocenters. The molecule has 19 heteroatoms. The molecule has 306 valence electrons. The van der Waals surface area contributed by atoms with Crippen molar-refractivity contribution < 1.29 is 37.5 Å². The number of nitrogens with one attached hydrogen (secondary N) is 1. The normalized spacial score (nSPS) is 20.4. The molecule has 0 saturated carbocycles. The number of amides is 3. The Hall–Kier alpha value is -2.08. The molecule has 3 heterocycles. The number of aliphatic carboxylic acids is 1. The molecule has 3 amide bonds. The summed E-state index contributed by atoms with van der Waals surface area (Å²) < 4.78 is 1.90. The van der Waals surface area contributed by atoms with Crippen LogP contribution in [0.15, 0.2) is 104 Å². The molecule has 0 radical (unpaired) electrons. The second-order valence-corrected chi connectivity index (χ2v) is 33.1. The third-order valence-corrected chi connectivity index (χ3v) is 10.8. The molecule has 3 aliphatic heterocycles. The molecule has 4 aromatic rings. The van der Waals surface area contributed by atoms with Gasteiger partial charge >= 0.3 is 56.5 Å². The summed E-state index contributed by atoms with van der Waals surface area (Å²) in [6.07, 6.45) is 0.788. The molecule has 4 aromatic carbocycles. The number of carboxylic acid groups (broad SMARTS) is 1. The molecular formula is C39H33Br2Cl3I3N6O5-. The quantitative estimate of drug-likeness (QED) is 0.185. The van der Waals surface area contributed by atoms with E-state index in [1.807, 2.05) is 67.6 Å². The summed E-state index contributed by atoms with van der Waals surface area (Å²) in [6.45, 7) is 5.03. The molecule has 0 aromatic heterocycles. The minimum atomic E-state index is -1.10. The van der Waals surface area contributed by atoms with Gasteiger partial charge < -0.3 is 10.4 Å². The van der Waals surface area contributed by atoms with Crippen LogP contribution in [0.1, 0.15) is 30.5 Å². The molecule has 7 rings (SSSR count). The topological polar surface area (TPSA) is 135 Å². The summed E-state index contributed by atoms with van der Waals surface area (Å²) in [5.41, 5.74) is 1.84. The number of fused-ring (bicyclic) bond motifs is 1. The first-order valence-electron chi connectivity index (χ1n) is 17.1. The fourth-order valence-electron chi connectivity index (χ4n) is 6.71. The first kappa shape index (κ1) is 47.0. The fourth-order valence-corrected chi connectivity index (χ4v) is 8.04. The number of aliphatic imine (C=N–C) groups is 2. The van der Waals surface area contributed by atoms with Crippen LogP contribution in [0.25, 0.3) is 0 Å². The Morgan fingerprint density at radius 2 is 1.33 bits per heavy atom. The summed E-state index contributed by atoms with van der Waals surface area (Å²) in [4.78, 5) is 63.1. The van der Waals surface area contributed by atoms with Gasteiger partial charge in [-0.2, -0.15) is 0 Å². The second-order valence-electron chi connectivity index (χ2n) is 13.7. The van der Waals surface area contributed by atoms with Gasteiger partial charge in [0.15, 0.2) is 0 Å². The molecule has 11 nitrogen and oxygen atoms in total. The Labute approximate surface area is 397 Å². The fraction of sp³-hybridized carbons (Fsp3) is 0.231. The Balaban J connectivity index is 0.000000207. The van der Waals surface area contributed by atoms with Crippen LogP contribution in [0.3, 0.4) is 0 Å². The van der Waals surface area contributed by atoms with Crippen LogP contribution in [0.4, 0.5) is 11.4 Å². The number of carbonyl (C=O) groups is 4. The number of hydrogen-bond acceptors (Lipinski definition) is 6. The number of rotatable bonds is 8. The maximum atomic E-state index is 13.5. The van der Waals surface area contributed by atoms with E-state index >= 15 is 0 Å². The van der Waals surface area contributed by atoms with Crippen LogP contribution < -0.4 is 28.4 Å². The third-order valence-electron chi connectivity index (χ3n) is 9.12. The summed E-state index contributed by atoms with van der Waals surface area (Å²) in [6, 6.07) is 25.5. The van der Waals surface area contributed by atoms with E-state index in [9.17, 15) is 19.2 Å². The van der Waals surface area contributed by atoms with Gasteiger partial charge in [0.2, 0.25) is 11.9 Å². The number of hydrogen-bond donors (Lipinski definition) is 2. The minimum absolute atomic E-state index is 0.0502. The van der Waals surface area contributed by atoms with Crippen LogP contribution >= 0.6 is 104 Å². The van der Waals surface area contributed by atoms with Crippen molar-refractivity contribution in [1.29, 1.82) is 0 Å². The number of anilines is 2. The van der Waals surface area contributed by atoms with Crippen molar-refractivity contribution in [2.75, 3.05) is 22.9 Å². The van der Waals surface area contributed by atoms with Crippen LogP contribution in [-0.2, 0) is 32.0 Å². The van der Waals surface area contributed by atoms with Gasteiger partial charge in [-0.15, -0.1) is 0 Å². The number of guanidine groups is 2. The van der Waals surface area contributed by atoms with E-state index < -0.39 is 23.6 Å². The molecule has 3 aliphatic rings. The first-order chi connectivity index (χ1) is 27.4. The number of nitrogens with zero attached hydrogens (tertiary/aromatic N) is 5. The van der Waals surface area contributed by atoms with E-state index in [4.69, 9.17) is 39.9 Å². The van der Waals surface area contributed by atoms with Crippen molar-refractivity contribution in [3.05, 3.63) is 126 Å². The summed E-state index contributed by atoms with van der Waals surface area (Å²) in [7, 11) is 0. The number of halogens is 8. The summed E-state index contributed by atoms with van der Waals surface area (Å²) in [5, 5.41) is 13.3. The molecule has 0 bridgehead atoms. The molecule has 0 aliphatic carbocycles. The molecular weight excluding hydrogens is 1280 g/mol. The van der Waals surface area contributed by atoms with Gasteiger partial charge in [-0.1, -0.05) is 90.9 Å². The Morgan fingerprint density at radius 3 is 1.84 bits per heavy atom. The van der Waals surface area contributed by atoms with Gasteiger partial charge in [-0.05, 0) is 98.1 Å². The van der Waals surface area contributed by atoms with E-state index in [-0.39, 0.29) is 30.2 Å². The van der Waals surface area contributed by atoms with Gasteiger partial charge in [-0.25, -0.2) is 19.8 Å². The number of aryl methyl sites for hydroxylation is 1. The Kier molecular flexibility index (Phi) is 16.4. The molecule has 0 spiro atoms. The Morgan fingerprint density at radius 1 is 0.828 bits per heavy atom. The van der Waals surface area contributed by atoms with E-state index in [0.717, 1.165) is 25.6 Å². The number of carboxylic acids is 1. The van der Waals surface area contributed by atoms with E-state index in [1.165, 1.54) is 14.7 Å². The second kappa shape index (κ2) is 20.2. The zero-order valence-electron chi connectivity index (χ0n) is 30.8. The zero-order chi connectivity index (χ0) is 42.5. The molecule has 2 N–H and O–H groups in total. The molecule has 2 saturated heterocycles. The monoisotopic (exact) mass is 1310 g/mol. The summed E-state index contributed by atoms with van der Waals surface area (Å²) in [5.74, 6) is -1.21. The van der Waals surface area contributed by atoms with Crippen molar-refractivity contribution >= 4 is 151 Å². The van der Waals surface area contributed by atoms with E-state index in [2.05, 4.69) is 84.4 Å². The van der Waals surface area contributed by atoms with Crippen LogP contribution in [-0.4, -0.2) is 69.8 Å². The first-order valence-corrected chi connectivity index (χ1v) is 32.4. The predicted octanol–water partition coefficient (Wildman–Crippen LogP) is 6.87. The van der Waals surface area contributed by atoms with Crippen molar-refractivity contribution in [3.63, 3.8) is 0 Å². The van der Waals surface area contributed by atoms with E-state index in [1.54, 1.807) is 38.1 Å². The standard InChI is InChI=1S/C20H17BrClN3O2.C19H16BrCl2N3O3.I3/c1-12-7-15(22)9-16(8-12)24-18(27)20(2,25-17(26)11-23-19(24)25)10-13-3-5-14(21)6-4-13;1-19(9-11-2-4-12(20)5-3-11)17(28)25(18(24-19)23-10-16(26)27)15-7-13(21)6-14(22)8-15;1-3-2/h3-9H,10-11H2,1-2H3;2-8H,9-10H2,1H3,(H,23,24)(H,26,27);/q;;-1/t20-;19-;/m11./s1. The van der Waals surface area contributed by atoms with Crippen molar-refractivity contribution in [1.82, 2.24) is 10.2 Å². The average Bonchev–Trinajstić information content (AvgIpc) is 3.72. The predicted molar refractivity (Wildman–Crippen MR) is 250 cm³/mol. The number of benzene rings is 4. The van der Waals surface area contributed by atoms with Gasteiger partial charge in [0.05, 0.1) is 11.4 Å². The van der Waals surface area contributed by atoms with Crippen LogP contribution in [0.2, 0.25) is 15.1 Å². The Bertz CT molecular complexity index is 2270. The third kappa shape index (κ3) is 11.0. The zero-order valence-corrected chi connectivity index (χ0v) is 42.7. The average molecular weight is 1310 g/mol. The van der Waals surface area contributed by atoms with Crippen LogP contribution in [0, 0.1) is 6.92 Å². The van der Waals surface area contributed by atoms with Crippen LogP contribution in [0.5, 0.6) is 0 Å². The van der Waals surface area contributed by atoms with Gasteiger partial charge in [-0.3, -0.25) is 24.1 Å². The van der Waals surface area contributed by atoms with Crippen molar-refractivity contribution in [2.45, 2.75) is 44.7 Å². The molecule has 58 heavy (non-hydrogen) atoms.